The molecule has 0 aliphatic heterocycles. The van der Waals surface area contributed by atoms with Crippen LogP contribution in [0.2, 0.25) is 0 Å². The van der Waals surface area contributed by atoms with Gasteiger partial charge in [0.2, 0.25) is 5.91 Å². The highest BCUT2D eigenvalue weighted by molar-refractivity contribution is 5.91. The van der Waals surface area contributed by atoms with Crippen molar-refractivity contribution in [2.45, 2.75) is 26.7 Å². The molecule has 0 saturated carbocycles. The maximum atomic E-state index is 12.0. The average molecular weight is 326 g/mol. The van der Waals surface area contributed by atoms with Gasteiger partial charge in [0, 0.05) is 18.7 Å². The third kappa shape index (κ3) is 6.05. The molecule has 4 nitrogen and oxygen atoms in total. The SMILES string of the molecule is COc1ccc(CCNCCC(=O)Nc2cc(C)cc(C)c2)cc1. The van der Waals surface area contributed by atoms with Crippen LogP contribution in [0.15, 0.2) is 42.5 Å². The van der Waals surface area contributed by atoms with E-state index in [-0.39, 0.29) is 5.91 Å². The number of hydrogen-bond acceptors (Lipinski definition) is 3. The van der Waals surface area contributed by atoms with Crippen molar-refractivity contribution in [2.75, 3.05) is 25.5 Å². The van der Waals surface area contributed by atoms with Crippen molar-refractivity contribution in [1.82, 2.24) is 5.32 Å². The molecule has 0 aliphatic rings. The molecule has 128 valence electrons. The molecule has 0 radical (unpaired) electrons. The maximum Gasteiger partial charge on any atom is 0.225 e. The van der Waals surface area contributed by atoms with E-state index in [4.69, 9.17) is 4.74 Å². The molecule has 0 fully saturated rings. The Kier molecular flexibility index (Phi) is 6.82. The van der Waals surface area contributed by atoms with E-state index < -0.39 is 0 Å². The van der Waals surface area contributed by atoms with Crippen LogP contribution < -0.4 is 15.4 Å². The number of carbonyl (C=O) groups excluding carboxylic acids is 1. The molecule has 24 heavy (non-hydrogen) atoms. The van der Waals surface area contributed by atoms with Crippen LogP contribution in [0.25, 0.3) is 0 Å². The molecule has 2 aromatic rings. The smallest absolute Gasteiger partial charge is 0.225 e. The van der Waals surface area contributed by atoms with Gasteiger partial charge >= 0.3 is 0 Å². The average Bonchev–Trinajstić information content (AvgIpc) is 2.54. The van der Waals surface area contributed by atoms with E-state index in [9.17, 15) is 4.79 Å². The summed E-state index contributed by atoms with van der Waals surface area (Å²) in [5, 5.41) is 6.26. The van der Waals surface area contributed by atoms with Crippen LogP contribution in [0.3, 0.4) is 0 Å². The molecule has 0 saturated heterocycles. The molecule has 0 atom stereocenters. The molecule has 0 unspecified atom stereocenters. The molecule has 0 bridgehead atoms. The van der Waals surface area contributed by atoms with E-state index in [1.165, 1.54) is 5.56 Å². The van der Waals surface area contributed by atoms with E-state index in [1.807, 2.05) is 38.1 Å². The number of rotatable bonds is 8. The van der Waals surface area contributed by atoms with Gasteiger partial charge in [-0.2, -0.15) is 0 Å². The molecule has 0 heterocycles. The fourth-order valence-electron chi connectivity index (χ4n) is 2.62. The summed E-state index contributed by atoms with van der Waals surface area (Å²) in [6.45, 7) is 5.59. The molecule has 1 amide bonds. The van der Waals surface area contributed by atoms with Gasteiger partial charge < -0.3 is 15.4 Å². The van der Waals surface area contributed by atoms with Crippen molar-refractivity contribution in [3.63, 3.8) is 0 Å². The highest BCUT2D eigenvalue weighted by Crippen LogP contribution is 2.14. The topological polar surface area (TPSA) is 50.4 Å². The molecule has 0 aromatic heterocycles. The second-order valence-electron chi connectivity index (χ2n) is 6.02. The molecular formula is C20H26N2O2. The van der Waals surface area contributed by atoms with Gasteiger partial charge in [-0.15, -0.1) is 0 Å². The number of anilines is 1. The maximum absolute atomic E-state index is 12.0. The fraction of sp³-hybridized carbons (Fsp3) is 0.350. The van der Waals surface area contributed by atoms with Crippen molar-refractivity contribution in [1.29, 1.82) is 0 Å². The summed E-state index contributed by atoms with van der Waals surface area (Å²) < 4.78 is 5.14. The number of ether oxygens (including phenoxy) is 1. The first-order valence-corrected chi connectivity index (χ1v) is 8.28. The summed E-state index contributed by atoms with van der Waals surface area (Å²) in [5.41, 5.74) is 4.43. The van der Waals surface area contributed by atoms with E-state index in [1.54, 1.807) is 7.11 Å². The second-order valence-corrected chi connectivity index (χ2v) is 6.02. The van der Waals surface area contributed by atoms with Gasteiger partial charge in [-0.1, -0.05) is 18.2 Å². The minimum absolute atomic E-state index is 0.0388. The van der Waals surface area contributed by atoms with Crippen LogP contribution in [0.1, 0.15) is 23.1 Å². The predicted octanol–water partition coefficient (Wildman–Crippen LogP) is 3.47. The molecule has 2 aromatic carbocycles. The van der Waals surface area contributed by atoms with Crippen molar-refractivity contribution >= 4 is 11.6 Å². The van der Waals surface area contributed by atoms with Gasteiger partial charge in [-0.25, -0.2) is 0 Å². The van der Waals surface area contributed by atoms with E-state index in [0.29, 0.717) is 13.0 Å². The summed E-state index contributed by atoms with van der Waals surface area (Å²) in [4.78, 5) is 12.0. The third-order valence-electron chi connectivity index (χ3n) is 3.78. The van der Waals surface area contributed by atoms with E-state index in [2.05, 4.69) is 28.8 Å². The third-order valence-corrected chi connectivity index (χ3v) is 3.78. The lowest BCUT2D eigenvalue weighted by Crippen LogP contribution is -2.23. The Morgan fingerprint density at radius 1 is 1.00 bits per heavy atom. The van der Waals surface area contributed by atoms with Crippen LogP contribution >= 0.6 is 0 Å². The Bertz CT molecular complexity index is 646. The first kappa shape index (κ1) is 18.0. The highest BCUT2D eigenvalue weighted by atomic mass is 16.5. The molecule has 0 spiro atoms. The number of hydrogen-bond donors (Lipinski definition) is 2. The first-order chi connectivity index (χ1) is 11.6. The summed E-state index contributed by atoms with van der Waals surface area (Å²) in [6.07, 6.45) is 1.40. The van der Waals surface area contributed by atoms with Gasteiger partial charge in [0.15, 0.2) is 0 Å². The van der Waals surface area contributed by atoms with Crippen molar-refractivity contribution < 1.29 is 9.53 Å². The summed E-state index contributed by atoms with van der Waals surface area (Å²) in [7, 11) is 1.67. The highest BCUT2D eigenvalue weighted by Gasteiger charge is 2.03. The number of benzene rings is 2. The Labute approximate surface area is 144 Å². The number of nitrogens with one attached hydrogen (secondary N) is 2. The summed E-state index contributed by atoms with van der Waals surface area (Å²) >= 11 is 0. The van der Waals surface area contributed by atoms with Crippen LogP contribution in [-0.4, -0.2) is 26.1 Å². The van der Waals surface area contributed by atoms with Gasteiger partial charge in [0.05, 0.1) is 7.11 Å². The molecule has 4 heteroatoms. The number of amides is 1. The quantitative estimate of drug-likeness (QED) is 0.730. The van der Waals surface area contributed by atoms with E-state index >= 15 is 0 Å². The lowest BCUT2D eigenvalue weighted by molar-refractivity contribution is -0.116. The lowest BCUT2D eigenvalue weighted by Gasteiger charge is -2.08. The van der Waals surface area contributed by atoms with Crippen LogP contribution in [0.4, 0.5) is 5.69 Å². The van der Waals surface area contributed by atoms with Gasteiger partial charge in [0.25, 0.3) is 0 Å². The van der Waals surface area contributed by atoms with E-state index in [0.717, 1.165) is 35.5 Å². The zero-order valence-corrected chi connectivity index (χ0v) is 14.7. The standard InChI is InChI=1S/C20H26N2O2/c1-15-12-16(2)14-18(13-15)22-20(23)9-11-21-10-8-17-4-6-19(24-3)7-5-17/h4-7,12-14,21H,8-11H2,1-3H3,(H,22,23). The minimum atomic E-state index is 0.0388. The predicted molar refractivity (Wildman–Crippen MR) is 98.7 cm³/mol. The monoisotopic (exact) mass is 326 g/mol. The van der Waals surface area contributed by atoms with Crippen molar-refractivity contribution in [3.05, 3.63) is 59.2 Å². The summed E-state index contributed by atoms with van der Waals surface area (Å²) in [6, 6.07) is 14.1. The number of methoxy groups -OCH3 is 1. The largest absolute Gasteiger partial charge is 0.497 e. The zero-order chi connectivity index (χ0) is 17.4. The Morgan fingerprint density at radius 3 is 2.29 bits per heavy atom. The van der Waals surface area contributed by atoms with Gasteiger partial charge in [0.1, 0.15) is 5.75 Å². The zero-order valence-electron chi connectivity index (χ0n) is 14.7. The van der Waals surface area contributed by atoms with Crippen LogP contribution in [0.5, 0.6) is 5.75 Å². The molecule has 0 aliphatic carbocycles. The Balaban J connectivity index is 1.65. The summed E-state index contributed by atoms with van der Waals surface area (Å²) in [5.74, 6) is 0.909. The normalized spacial score (nSPS) is 10.5. The minimum Gasteiger partial charge on any atom is -0.497 e. The van der Waals surface area contributed by atoms with Gasteiger partial charge in [-0.3, -0.25) is 4.79 Å². The first-order valence-electron chi connectivity index (χ1n) is 8.28. The second kappa shape index (κ2) is 9.08. The molecule has 2 N–H and O–H groups in total. The van der Waals surface area contributed by atoms with Crippen LogP contribution in [-0.2, 0) is 11.2 Å². The van der Waals surface area contributed by atoms with Crippen molar-refractivity contribution in [3.8, 4) is 5.75 Å². The number of aryl methyl sites for hydroxylation is 2. The van der Waals surface area contributed by atoms with Crippen LogP contribution in [0, 0.1) is 13.8 Å². The van der Waals surface area contributed by atoms with Gasteiger partial charge in [-0.05, 0) is 67.8 Å². The Morgan fingerprint density at radius 2 is 1.67 bits per heavy atom. The molecular weight excluding hydrogens is 300 g/mol. The molecule has 2 rings (SSSR count). The lowest BCUT2D eigenvalue weighted by atomic mass is 10.1. The Hall–Kier alpha value is -2.33. The number of carbonyl (C=O) groups is 1. The van der Waals surface area contributed by atoms with Crippen molar-refractivity contribution in [2.24, 2.45) is 0 Å². The fourth-order valence-corrected chi connectivity index (χ4v) is 2.62.